The Kier molecular flexibility index (Phi) is 9.66. The lowest BCUT2D eigenvalue weighted by atomic mass is 9.98. The van der Waals surface area contributed by atoms with Gasteiger partial charge in [-0.15, -0.1) is 0 Å². The Labute approximate surface area is 269 Å². The quantitative estimate of drug-likeness (QED) is 0.158. The van der Waals surface area contributed by atoms with Crippen LogP contribution in [0.3, 0.4) is 0 Å². The van der Waals surface area contributed by atoms with Crippen molar-refractivity contribution in [3.63, 3.8) is 0 Å². The molecule has 8 heteroatoms. The summed E-state index contributed by atoms with van der Waals surface area (Å²) in [5, 5.41) is 2.93. The number of aromatic nitrogens is 2. The Balaban J connectivity index is 0.979. The van der Waals surface area contributed by atoms with Gasteiger partial charge in [0, 0.05) is 49.2 Å². The summed E-state index contributed by atoms with van der Waals surface area (Å²) in [6, 6.07) is 31.2. The van der Waals surface area contributed by atoms with Gasteiger partial charge in [0.05, 0.1) is 25.6 Å². The van der Waals surface area contributed by atoms with Gasteiger partial charge in [-0.05, 0) is 102 Å². The zero-order valence-corrected chi connectivity index (χ0v) is 26.0. The van der Waals surface area contributed by atoms with Crippen molar-refractivity contribution in [2.45, 2.75) is 19.4 Å². The molecule has 1 amide bonds. The van der Waals surface area contributed by atoms with Crippen LogP contribution in [-0.4, -0.2) is 48.1 Å². The number of amides is 1. The number of benzene rings is 3. The Morgan fingerprint density at radius 1 is 0.891 bits per heavy atom. The van der Waals surface area contributed by atoms with E-state index in [1.54, 1.807) is 32.6 Å². The largest absolute Gasteiger partial charge is 0.493 e. The normalized spacial score (nSPS) is 12.8. The van der Waals surface area contributed by atoms with Crippen molar-refractivity contribution in [3.8, 4) is 34.4 Å². The van der Waals surface area contributed by atoms with E-state index in [9.17, 15) is 4.79 Å². The minimum Gasteiger partial charge on any atom is -0.493 e. The molecule has 0 bridgehead atoms. The van der Waals surface area contributed by atoms with Crippen molar-refractivity contribution in [3.05, 3.63) is 132 Å². The number of fused-ring (bicyclic) bond motifs is 1. The molecule has 5 aromatic rings. The first-order chi connectivity index (χ1) is 22.6. The summed E-state index contributed by atoms with van der Waals surface area (Å²) >= 11 is 0. The van der Waals surface area contributed by atoms with E-state index in [-0.39, 0.29) is 5.91 Å². The summed E-state index contributed by atoms with van der Waals surface area (Å²) in [4.78, 5) is 24.0. The fourth-order valence-corrected chi connectivity index (χ4v) is 5.45. The number of hydrogen-bond acceptors (Lipinski definition) is 7. The number of rotatable bonds is 11. The van der Waals surface area contributed by atoms with E-state index in [0.717, 1.165) is 60.9 Å². The predicted molar refractivity (Wildman–Crippen MR) is 180 cm³/mol. The molecule has 0 atom stereocenters. The molecule has 0 unspecified atom stereocenters. The molecule has 232 valence electrons. The lowest BCUT2D eigenvalue weighted by Crippen LogP contribution is -2.32. The lowest BCUT2D eigenvalue weighted by Gasteiger charge is -2.29. The fraction of sp³-hybridized carbons (Fsp3) is 0.184. The molecule has 0 fully saturated rings. The molecular weight excluding hydrogens is 576 g/mol. The second-order valence-electron chi connectivity index (χ2n) is 11.0. The second-order valence-corrected chi connectivity index (χ2v) is 11.0. The summed E-state index contributed by atoms with van der Waals surface area (Å²) in [5.41, 5.74) is 7.10. The van der Waals surface area contributed by atoms with Crippen molar-refractivity contribution in [1.82, 2.24) is 14.9 Å². The molecule has 6 rings (SSSR count). The van der Waals surface area contributed by atoms with Gasteiger partial charge in [0.2, 0.25) is 11.8 Å². The van der Waals surface area contributed by atoms with Crippen LogP contribution in [0.1, 0.15) is 22.4 Å². The maximum Gasteiger partial charge on any atom is 0.248 e. The highest BCUT2D eigenvalue weighted by Crippen LogP contribution is 2.33. The van der Waals surface area contributed by atoms with Crippen LogP contribution in [0.2, 0.25) is 0 Å². The van der Waals surface area contributed by atoms with Crippen LogP contribution in [0.15, 0.2) is 109 Å². The summed E-state index contributed by atoms with van der Waals surface area (Å²) < 4.78 is 16.9. The molecule has 46 heavy (non-hydrogen) atoms. The first-order valence-corrected chi connectivity index (χ1v) is 15.3. The van der Waals surface area contributed by atoms with Crippen LogP contribution in [0, 0.1) is 0 Å². The molecule has 0 radical (unpaired) electrons. The van der Waals surface area contributed by atoms with Gasteiger partial charge in [0.1, 0.15) is 5.75 Å². The summed E-state index contributed by atoms with van der Waals surface area (Å²) in [5.74, 6) is 2.43. The summed E-state index contributed by atoms with van der Waals surface area (Å²) in [6.45, 7) is 2.85. The molecule has 0 saturated heterocycles. The number of carbonyl (C=O) groups excluding carboxylic acids is 1. The van der Waals surface area contributed by atoms with Gasteiger partial charge in [-0.25, -0.2) is 4.98 Å². The van der Waals surface area contributed by atoms with E-state index in [0.29, 0.717) is 17.3 Å². The number of nitrogens with one attached hydrogen (secondary N) is 1. The SMILES string of the molecule is COc1cc2c(cc1OC)CN(CCc1ccc(NC(=O)/C=C/c3cccc(Oc4ccc(-c5ccccn5)cc4)n3)cc1)CC2. The minimum absolute atomic E-state index is 0.231. The Morgan fingerprint density at radius 2 is 1.67 bits per heavy atom. The number of nitrogens with zero attached hydrogens (tertiary/aromatic N) is 3. The molecule has 1 aliphatic rings. The Bertz CT molecular complexity index is 1810. The van der Waals surface area contributed by atoms with Gasteiger partial charge in [-0.3, -0.25) is 14.7 Å². The first kappa shape index (κ1) is 30.6. The Hall–Kier alpha value is -5.47. The zero-order valence-electron chi connectivity index (χ0n) is 26.0. The average molecular weight is 613 g/mol. The number of carbonyl (C=O) groups is 1. The van der Waals surface area contributed by atoms with Gasteiger partial charge in [-0.1, -0.05) is 24.3 Å². The molecular formula is C38H36N4O4. The smallest absolute Gasteiger partial charge is 0.248 e. The maximum absolute atomic E-state index is 12.6. The molecule has 0 aliphatic carbocycles. The average Bonchev–Trinajstić information content (AvgIpc) is 3.10. The zero-order chi connectivity index (χ0) is 31.7. The number of hydrogen-bond donors (Lipinski definition) is 1. The number of ether oxygens (including phenoxy) is 3. The highest BCUT2D eigenvalue weighted by Gasteiger charge is 2.19. The van der Waals surface area contributed by atoms with Crippen LogP contribution in [0.5, 0.6) is 23.1 Å². The Morgan fingerprint density at radius 3 is 2.41 bits per heavy atom. The molecule has 1 aliphatic heterocycles. The highest BCUT2D eigenvalue weighted by molar-refractivity contribution is 6.01. The predicted octanol–water partition coefficient (Wildman–Crippen LogP) is 7.21. The number of pyridine rings is 2. The van der Waals surface area contributed by atoms with E-state index < -0.39 is 0 Å². The van der Waals surface area contributed by atoms with Gasteiger partial charge in [0.25, 0.3) is 0 Å². The summed E-state index contributed by atoms with van der Waals surface area (Å²) in [7, 11) is 3.35. The van der Waals surface area contributed by atoms with Crippen LogP contribution in [0.25, 0.3) is 17.3 Å². The number of anilines is 1. The van der Waals surface area contributed by atoms with Crippen molar-refractivity contribution < 1.29 is 19.0 Å². The van der Waals surface area contributed by atoms with Crippen molar-refractivity contribution in [1.29, 1.82) is 0 Å². The second kappa shape index (κ2) is 14.5. The molecule has 8 nitrogen and oxygen atoms in total. The van der Waals surface area contributed by atoms with Gasteiger partial charge >= 0.3 is 0 Å². The van der Waals surface area contributed by atoms with Crippen molar-refractivity contribution >= 4 is 17.7 Å². The third kappa shape index (κ3) is 7.78. The van der Waals surface area contributed by atoms with Gasteiger partial charge in [0.15, 0.2) is 11.5 Å². The molecule has 0 spiro atoms. The standard InChI is InChI=1S/C38H36N4O4/c1-44-35-24-29-20-23-42(26-30(29)25-36(35)45-2)22-19-27-9-13-32(14-10-27)40-37(43)18-15-31-6-5-8-38(41-31)46-33-16-11-28(12-17-33)34-7-3-4-21-39-34/h3-18,21,24-25H,19-20,22-23,26H2,1-2H3,(H,40,43)/b18-15+. The third-order valence-corrected chi connectivity index (χ3v) is 7.92. The molecule has 1 N–H and O–H groups in total. The lowest BCUT2D eigenvalue weighted by molar-refractivity contribution is -0.111. The van der Waals surface area contributed by atoms with Crippen LogP contribution < -0.4 is 19.5 Å². The monoisotopic (exact) mass is 612 g/mol. The van der Waals surface area contributed by atoms with E-state index in [1.807, 2.05) is 66.7 Å². The first-order valence-electron chi connectivity index (χ1n) is 15.3. The van der Waals surface area contributed by atoms with Crippen LogP contribution in [0.4, 0.5) is 5.69 Å². The molecule has 3 aromatic carbocycles. The highest BCUT2D eigenvalue weighted by atomic mass is 16.5. The van der Waals surface area contributed by atoms with Crippen LogP contribution >= 0.6 is 0 Å². The molecule has 0 saturated carbocycles. The number of methoxy groups -OCH3 is 2. The fourth-order valence-electron chi connectivity index (χ4n) is 5.45. The molecule has 2 aromatic heterocycles. The topological polar surface area (TPSA) is 85.8 Å². The van der Waals surface area contributed by atoms with Gasteiger partial charge in [-0.2, -0.15) is 0 Å². The molecule has 3 heterocycles. The maximum atomic E-state index is 12.6. The third-order valence-electron chi connectivity index (χ3n) is 7.92. The van der Waals surface area contributed by atoms with Crippen molar-refractivity contribution in [2.75, 3.05) is 32.6 Å². The van der Waals surface area contributed by atoms with Gasteiger partial charge < -0.3 is 19.5 Å². The van der Waals surface area contributed by atoms with E-state index in [4.69, 9.17) is 14.2 Å². The van der Waals surface area contributed by atoms with Crippen molar-refractivity contribution in [2.24, 2.45) is 0 Å². The minimum atomic E-state index is -0.231. The van der Waals surface area contributed by atoms with E-state index in [1.165, 1.54) is 22.8 Å². The van der Waals surface area contributed by atoms with Crippen LogP contribution in [-0.2, 0) is 24.2 Å². The van der Waals surface area contributed by atoms with E-state index >= 15 is 0 Å². The summed E-state index contributed by atoms with van der Waals surface area (Å²) in [6.07, 6.45) is 6.83. The van der Waals surface area contributed by atoms with E-state index in [2.05, 4.69) is 44.5 Å².